The van der Waals surface area contributed by atoms with E-state index in [0.717, 1.165) is 12.8 Å². The topological polar surface area (TPSA) is 72.5 Å². The lowest BCUT2D eigenvalue weighted by atomic mass is 10.1. The second-order valence-corrected chi connectivity index (χ2v) is 5.24. The first-order valence-electron chi connectivity index (χ1n) is 7.55. The Labute approximate surface area is 124 Å². The summed E-state index contributed by atoms with van der Waals surface area (Å²) in [5.74, 6) is -0.0268. The Kier molecular flexibility index (Phi) is 6.24. The van der Waals surface area contributed by atoms with E-state index in [1.807, 2.05) is 0 Å². The fraction of sp³-hybridized carbons (Fsp3) is 0.600. The predicted octanol–water partition coefficient (Wildman–Crippen LogP) is 2.23. The van der Waals surface area contributed by atoms with E-state index in [1.54, 1.807) is 0 Å². The molecule has 1 aromatic rings. The van der Waals surface area contributed by atoms with E-state index < -0.39 is 5.82 Å². The molecule has 0 unspecified atom stereocenters. The second kappa shape index (κ2) is 8.44. The molecule has 1 aromatic heterocycles. The van der Waals surface area contributed by atoms with Gasteiger partial charge in [0.15, 0.2) is 11.8 Å². The molecule has 0 atom stereocenters. The summed E-state index contributed by atoms with van der Waals surface area (Å²) >= 11 is 0. The van der Waals surface area contributed by atoms with Crippen molar-refractivity contribution in [2.75, 3.05) is 13.2 Å². The minimum Gasteiger partial charge on any atom is -0.474 e. The van der Waals surface area contributed by atoms with Crippen LogP contribution >= 0.6 is 0 Å². The number of nitrogens with zero attached hydrogens (tertiary/aromatic N) is 2. The Morgan fingerprint density at radius 1 is 1.38 bits per heavy atom. The largest absolute Gasteiger partial charge is 0.474 e. The summed E-state index contributed by atoms with van der Waals surface area (Å²) in [4.78, 5) is 8.01. The number of halogens is 1. The van der Waals surface area contributed by atoms with Gasteiger partial charge in [0.05, 0.1) is 6.54 Å². The summed E-state index contributed by atoms with van der Waals surface area (Å²) in [6.45, 7) is 0.628. The van der Waals surface area contributed by atoms with Crippen molar-refractivity contribution in [3.8, 4) is 5.88 Å². The summed E-state index contributed by atoms with van der Waals surface area (Å²) in [7, 11) is 0. The molecule has 6 heteroatoms. The molecule has 116 valence electrons. The van der Waals surface area contributed by atoms with Crippen molar-refractivity contribution < 1.29 is 9.13 Å². The smallest absolute Gasteiger partial charge is 0.250 e. The average Bonchev–Trinajstić information content (AvgIpc) is 2.74. The van der Waals surface area contributed by atoms with Crippen LogP contribution in [0.25, 0.3) is 0 Å². The first kappa shape index (κ1) is 15.5. The zero-order valence-electron chi connectivity index (χ0n) is 12.2. The average molecular weight is 294 g/mol. The number of hydrogen-bond donors (Lipinski definition) is 2. The Morgan fingerprint density at radius 3 is 2.86 bits per heavy atom. The third-order valence-electron chi connectivity index (χ3n) is 3.54. The van der Waals surface area contributed by atoms with Crippen LogP contribution in [0.15, 0.2) is 23.3 Å². The lowest BCUT2D eigenvalue weighted by Gasteiger charge is -2.16. The van der Waals surface area contributed by atoms with Gasteiger partial charge in [-0.25, -0.2) is 14.4 Å². The van der Waals surface area contributed by atoms with Gasteiger partial charge in [0.2, 0.25) is 5.88 Å². The van der Waals surface area contributed by atoms with E-state index >= 15 is 0 Å². The fourth-order valence-corrected chi connectivity index (χ4v) is 2.46. The lowest BCUT2D eigenvalue weighted by Crippen LogP contribution is -2.40. The van der Waals surface area contributed by atoms with Crippen molar-refractivity contribution in [2.24, 2.45) is 10.7 Å². The Morgan fingerprint density at radius 2 is 2.14 bits per heavy atom. The maximum Gasteiger partial charge on any atom is 0.250 e. The van der Waals surface area contributed by atoms with Gasteiger partial charge in [0.25, 0.3) is 0 Å². The van der Waals surface area contributed by atoms with Crippen molar-refractivity contribution in [1.29, 1.82) is 0 Å². The first-order valence-corrected chi connectivity index (χ1v) is 7.55. The molecule has 1 aliphatic carbocycles. The minimum absolute atomic E-state index is 0.00278. The van der Waals surface area contributed by atoms with Crippen molar-refractivity contribution >= 4 is 5.96 Å². The maximum atomic E-state index is 13.3. The van der Waals surface area contributed by atoms with Gasteiger partial charge in [-0.05, 0) is 25.0 Å². The second-order valence-electron chi connectivity index (χ2n) is 5.24. The van der Waals surface area contributed by atoms with Crippen LogP contribution < -0.4 is 15.8 Å². The van der Waals surface area contributed by atoms with Crippen LogP contribution in [0, 0.1) is 5.82 Å². The molecule has 0 bridgehead atoms. The molecule has 1 saturated carbocycles. The number of nitrogens with one attached hydrogen (secondary N) is 1. The molecule has 5 nitrogen and oxygen atoms in total. The number of hydrogen-bond acceptors (Lipinski definition) is 3. The third kappa shape index (κ3) is 5.57. The molecule has 0 aromatic carbocycles. The van der Waals surface area contributed by atoms with Crippen LogP contribution in [0.4, 0.5) is 4.39 Å². The molecule has 0 aliphatic heterocycles. The predicted molar refractivity (Wildman–Crippen MR) is 80.8 cm³/mol. The van der Waals surface area contributed by atoms with Gasteiger partial charge in [-0.2, -0.15) is 0 Å². The molecule has 2 rings (SSSR count). The van der Waals surface area contributed by atoms with Crippen LogP contribution in [0.3, 0.4) is 0 Å². The van der Waals surface area contributed by atoms with E-state index in [2.05, 4.69) is 15.3 Å². The Hall–Kier alpha value is -1.85. The van der Waals surface area contributed by atoms with Crippen LogP contribution in [0.5, 0.6) is 5.88 Å². The van der Waals surface area contributed by atoms with Crippen LogP contribution in [0.2, 0.25) is 0 Å². The summed E-state index contributed by atoms with van der Waals surface area (Å²) in [6.07, 6.45) is 8.87. The van der Waals surface area contributed by atoms with E-state index in [4.69, 9.17) is 10.5 Å². The summed E-state index contributed by atoms with van der Waals surface area (Å²) < 4.78 is 18.5. The van der Waals surface area contributed by atoms with E-state index in [9.17, 15) is 4.39 Å². The van der Waals surface area contributed by atoms with Gasteiger partial charge in [-0.1, -0.05) is 25.7 Å². The standard InChI is InChI=1S/C15H23FN4O/c16-13-8-5-9-18-14(13)21-11-10-19-15(17)20-12-6-3-1-2-4-7-12/h5,8-9,12H,1-4,6-7,10-11H2,(H3,17,19,20). The van der Waals surface area contributed by atoms with Gasteiger partial charge >= 0.3 is 0 Å². The van der Waals surface area contributed by atoms with Gasteiger partial charge in [-0.3, -0.25) is 0 Å². The van der Waals surface area contributed by atoms with E-state index in [-0.39, 0.29) is 12.5 Å². The molecule has 1 fully saturated rings. The highest BCUT2D eigenvalue weighted by Crippen LogP contribution is 2.16. The van der Waals surface area contributed by atoms with Crippen LogP contribution in [-0.2, 0) is 0 Å². The highest BCUT2D eigenvalue weighted by Gasteiger charge is 2.12. The normalized spacial score (nSPS) is 17.3. The number of ether oxygens (including phenoxy) is 1. The highest BCUT2D eigenvalue weighted by atomic mass is 19.1. The quantitative estimate of drug-likeness (QED) is 0.378. The molecule has 1 aliphatic rings. The molecule has 3 N–H and O–H groups in total. The van der Waals surface area contributed by atoms with Crippen LogP contribution in [-0.4, -0.2) is 30.1 Å². The molecule has 21 heavy (non-hydrogen) atoms. The SMILES string of the molecule is NC(=NCCOc1ncccc1F)NC1CCCCCC1. The molecule has 0 saturated heterocycles. The number of aliphatic imine (C=N–C) groups is 1. The first-order chi connectivity index (χ1) is 10.3. The molecular formula is C15H23FN4O. The number of rotatable bonds is 5. The van der Waals surface area contributed by atoms with Crippen molar-refractivity contribution in [2.45, 2.75) is 44.6 Å². The maximum absolute atomic E-state index is 13.3. The summed E-state index contributed by atoms with van der Waals surface area (Å²) in [5, 5.41) is 3.25. The van der Waals surface area contributed by atoms with Crippen molar-refractivity contribution in [1.82, 2.24) is 10.3 Å². The summed E-state index contributed by atoms with van der Waals surface area (Å²) in [6, 6.07) is 3.26. The van der Waals surface area contributed by atoms with E-state index in [1.165, 1.54) is 44.0 Å². The van der Waals surface area contributed by atoms with Crippen LogP contribution in [0.1, 0.15) is 38.5 Å². The highest BCUT2D eigenvalue weighted by molar-refractivity contribution is 5.78. The number of aromatic nitrogens is 1. The van der Waals surface area contributed by atoms with Crippen molar-refractivity contribution in [3.63, 3.8) is 0 Å². The Balaban J connectivity index is 1.69. The molecule has 0 spiro atoms. The zero-order chi connectivity index (χ0) is 14.9. The third-order valence-corrected chi connectivity index (χ3v) is 3.54. The minimum atomic E-state index is -0.467. The van der Waals surface area contributed by atoms with Gasteiger partial charge in [0, 0.05) is 12.2 Å². The monoisotopic (exact) mass is 294 g/mol. The molecule has 0 amide bonds. The Bertz CT molecular complexity index is 459. The number of nitrogens with two attached hydrogens (primary N) is 1. The fourth-order valence-electron chi connectivity index (χ4n) is 2.46. The lowest BCUT2D eigenvalue weighted by molar-refractivity contribution is 0.298. The number of guanidine groups is 1. The van der Waals surface area contributed by atoms with Crippen molar-refractivity contribution in [3.05, 3.63) is 24.1 Å². The molecule has 1 heterocycles. The molecular weight excluding hydrogens is 271 g/mol. The van der Waals surface area contributed by atoms with Gasteiger partial charge < -0.3 is 15.8 Å². The van der Waals surface area contributed by atoms with E-state index in [0.29, 0.717) is 18.5 Å². The summed E-state index contributed by atoms with van der Waals surface area (Å²) in [5.41, 5.74) is 5.86. The van der Waals surface area contributed by atoms with Gasteiger partial charge in [-0.15, -0.1) is 0 Å². The van der Waals surface area contributed by atoms with Gasteiger partial charge in [0.1, 0.15) is 6.61 Å². The molecule has 0 radical (unpaired) electrons. The number of pyridine rings is 1. The zero-order valence-corrected chi connectivity index (χ0v) is 12.2.